The molecular weight excluding hydrogens is 232 g/mol. The fraction of sp³-hybridized carbons (Fsp3) is 0.500. The number of nitro groups is 1. The van der Waals surface area contributed by atoms with Crippen LogP contribution >= 0.6 is 0 Å². The quantitative estimate of drug-likeness (QED) is 0.431. The van der Waals surface area contributed by atoms with Crippen LogP contribution in [0.4, 0.5) is 17.1 Å². The number of nitrogen functional groups attached to an aromatic ring is 1. The predicted molar refractivity (Wildman–Crippen MR) is 71.6 cm³/mol. The highest BCUT2D eigenvalue weighted by atomic mass is 16.6. The van der Waals surface area contributed by atoms with Crippen molar-refractivity contribution < 1.29 is 4.92 Å². The smallest absolute Gasteiger partial charge is 0.292 e. The zero-order valence-corrected chi connectivity index (χ0v) is 10.2. The first-order valence-electron chi connectivity index (χ1n) is 6.18. The lowest BCUT2D eigenvalue weighted by atomic mass is 10.1. The van der Waals surface area contributed by atoms with Gasteiger partial charge in [0.1, 0.15) is 5.69 Å². The van der Waals surface area contributed by atoms with Crippen LogP contribution in [0.2, 0.25) is 0 Å². The summed E-state index contributed by atoms with van der Waals surface area (Å²) in [5.41, 5.74) is 6.66. The fourth-order valence-electron chi connectivity index (χ4n) is 2.19. The van der Waals surface area contributed by atoms with Crippen molar-refractivity contribution in [2.45, 2.75) is 25.3 Å². The van der Waals surface area contributed by atoms with E-state index in [9.17, 15) is 10.1 Å². The molecule has 1 aliphatic rings. The maximum absolute atomic E-state index is 10.7. The number of hydrogen-bond donors (Lipinski definition) is 3. The van der Waals surface area contributed by atoms with Crippen LogP contribution in [-0.4, -0.2) is 24.1 Å². The average molecular weight is 250 g/mol. The lowest BCUT2D eigenvalue weighted by molar-refractivity contribution is -0.383. The topological polar surface area (TPSA) is 93.2 Å². The van der Waals surface area contributed by atoms with Gasteiger partial charge in [-0.25, -0.2) is 0 Å². The summed E-state index contributed by atoms with van der Waals surface area (Å²) >= 11 is 0. The first-order chi connectivity index (χ1) is 8.66. The van der Waals surface area contributed by atoms with Gasteiger partial charge < -0.3 is 16.4 Å². The van der Waals surface area contributed by atoms with Crippen molar-refractivity contribution in [3.05, 3.63) is 28.3 Å². The number of anilines is 2. The highest BCUT2D eigenvalue weighted by Gasteiger charge is 2.14. The summed E-state index contributed by atoms with van der Waals surface area (Å²) in [7, 11) is 0. The van der Waals surface area contributed by atoms with E-state index in [-0.39, 0.29) is 11.4 Å². The van der Waals surface area contributed by atoms with Crippen LogP contribution in [0.5, 0.6) is 0 Å². The number of nitro benzene ring substituents is 1. The van der Waals surface area contributed by atoms with Crippen molar-refractivity contribution in [2.75, 3.05) is 24.1 Å². The standard InChI is InChI=1S/C12H18N4O2/c13-11-7-9(4-5-12(11)16(17)18)15-10-3-1-2-6-14-8-10/h4-5,7,10,14-15H,1-3,6,8,13H2. The van der Waals surface area contributed by atoms with Gasteiger partial charge in [-0.15, -0.1) is 0 Å². The van der Waals surface area contributed by atoms with Gasteiger partial charge in [0, 0.05) is 24.3 Å². The molecule has 1 saturated heterocycles. The Hall–Kier alpha value is -1.82. The second kappa shape index (κ2) is 5.68. The molecule has 1 aromatic rings. The van der Waals surface area contributed by atoms with E-state index >= 15 is 0 Å². The molecule has 18 heavy (non-hydrogen) atoms. The molecule has 0 spiro atoms. The van der Waals surface area contributed by atoms with Crippen LogP contribution in [0.25, 0.3) is 0 Å². The molecule has 6 heteroatoms. The van der Waals surface area contributed by atoms with Crippen molar-refractivity contribution in [3.63, 3.8) is 0 Å². The van der Waals surface area contributed by atoms with Crippen molar-refractivity contribution in [1.82, 2.24) is 5.32 Å². The minimum atomic E-state index is -0.466. The third kappa shape index (κ3) is 3.10. The zero-order valence-electron chi connectivity index (χ0n) is 10.2. The van der Waals surface area contributed by atoms with Crippen LogP contribution in [0.3, 0.4) is 0 Å². The van der Waals surface area contributed by atoms with E-state index in [1.807, 2.05) is 0 Å². The molecule has 1 fully saturated rings. The number of nitrogens with one attached hydrogen (secondary N) is 2. The van der Waals surface area contributed by atoms with E-state index in [2.05, 4.69) is 10.6 Å². The molecule has 1 unspecified atom stereocenters. The van der Waals surface area contributed by atoms with Gasteiger partial charge in [0.05, 0.1) is 4.92 Å². The highest BCUT2D eigenvalue weighted by Crippen LogP contribution is 2.25. The highest BCUT2D eigenvalue weighted by molar-refractivity contribution is 5.66. The molecule has 98 valence electrons. The monoisotopic (exact) mass is 250 g/mol. The van der Waals surface area contributed by atoms with Crippen LogP contribution in [0, 0.1) is 10.1 Å². The van der Waals surface area contributed by atoms with Gasteiger partial charge in [0.2, 0.25) is 0 Å². The van der Waals surface area contributed by atoms with Gasteiger partial charge in [-0.2, -0.15) is 0 Å². The first-order valence-corrected chi connectivity index (χ1v) is 6.18. The van der Waals surface area contributed by atoms with E-state index in [0.29, 0.717) is 6.04 Å². The van der Waals surface area contributed by atoms with E-state index in [1.54, 1.807) is 12.1 Å². The van der Waals surface area contributed by atoms with Gasteiger partial charge in [0.15, 0.2) is 0 Å². The van der Waals surface area contributed by atoms with E-state index in [4.69, 9.17) is 5.73 Å². The SMILES string of the molecule is Nc1cc(NC2CCCCNC2)ccc1[N+](=O)[O-]. The van der Waals surface area contributed by atoms with Gasteiger partial charge >= 0.3 is 0 Å². The second-order valence-corrected chi connectivity index (χ2v) is 4.57. The Kier molecular flexibility index (Phi) is 3.99. The van der Waals surface area contributed by atoms with Crippen molar-refractivity contribution in [3.8, 4) is 0 Å². The van der Waals surface area contributed by atoms with E-state index in [1.165, 1.54) is 18.9 Å². The Morgan fingerprint density at radius 2 is 2.28 bits per heavy atom. The Morgan fingerprint density at radius 1 is 1.44 bits per heavy atom. The second-order valence-electron chi connectivity index (χ2n) is 4.57. The molecule has 0 bridgehead atoms. The Labute approximate surface area is 106 Å². The molecule has 0 aromatic heterocycles. The normalized spacial score (nSPS) is 20.1. The number of nitrogens with zero attached hydrogens (tertiary/aromatic N) is 1. The third-order valence-electron chi connectivity index (χ3n) is 3.14. The number of benzene rings is 1. The summed E-state index contributed by atoms with van der Waals surface area (Å²) in [4.78, 5) is 10.2. The first kappa shape index (κ1) is 12.6. The maximum atomic E-state index is 10.7. The van der Waals surface area contributed by atoms with Crippen LogP contribution in [0.1, 0.15) is 19.3 Å². The van der Waals surface area contributed by atoms with Gasteiger partial charge in [-0.1, -0.05) is 6.42 Å². The molecule has 1 aromatic carbocycles. The molecule has 0 saturated carbocycles. The molecule has 6 nitrogen and oxygen atoms in total. The van der Waals surface area contributed by atoms with Gasteiger partial charge in [-0.05, 0) is 31.5 Å². The van der Waals surface area contributed by atoms with E-state index < -0.39 is 4.92 Å². The maximum Gasteiger partial charge on any atom is 0.292 e. The molecule has 0 aliphatic carbocycles. The fourth-order valence-corrected chi connectivity index (χ4v) is 2.19. The summed E-state index contributed by atoms with van der Waals surface area (Å²) in [5.74, 6) is 0. The Morgan fingerprint density at radius 3 is 3.00 bits per heavy atom. The van der Waals surface area contributed by atoms with Crippen molar-refractivity contribution in [1.29, 1.82) is 0 Å². The van der Waals surface area contributed by atoms with Crippen LogP contribution in [0.15, 0.2) is 18.2 Å². The largest absolute Gasteiger partial charge is 0.393 e. The predicted octanol–water partition coefficient (Wildman–Crippen LogP) is 1.73. The van der Waals surface area contributed by atoms with Gasteiger partial charge in [-0.3, -0.25) is 10.1 Å². The summed E-state index contributed by atoms with van der Waals surface area (Å²) in [5, 5.41) is 17.4. The summed E-state index contributed by atoms with van der Waals surface area (Å²) in [6, 6.07) is 5.14. The summed E-state index contributed by atoms with van der Waals surface area (Å²) in [6.45, 7) is 1.97. The number of hydrogen-bond acceptors (Lipinski definition) is 5. The number of nitrogens with two attached hydrogens (primary N) is 1. The van der Waals surface area contributed by atoms with E-state index in [0.717, 1.165) is 25.2 Å². The van der Waals surface area contributed by atoms with Crippen LogP contribution < -0.4 is 16.4 Å². The lowest BCUT2D eigenvalue weighted by Crippen LogP contribution is -2.30. The van der Waals surface area contributed by atoms with Crippen LogP contribution in [-0.2, 0) is 0 Å². The summed E-state index contributed by atoms with van der Waals surface area (Å²) < 4.78 is 0. The molecule has 1 heterocycles. The minimum Gasteiger partial charge on any atom is -0.393 e. The zero-order chi connectivity index (χ0) is 13.0. The van der Waals surface area contributed by atoms with Gasteiger partial charge in [0.25, 0.3) is 5.69 Å². The minimum absolute atomic E-state index is 0.0421. The Balaban J connectivity index is 2.05. The molecule has 1 atom stereocenters. The van der Waals surface area contributed by atoms with Crippen molar-refractivity contribution >= 4 is 17.1 Å². The Bertz CT molecular complexity index is 428. The summed E-state index contributed by atoms with van der Waals surface area (Å²) in [6.07, 6.45) is 3.48. The molecule has 1 aliphatic heterocycles. The third-order valence-corrected chi connectivity index (χ3v) is 3.14. The molecule has 0 amide bonds. The lowest BCUT2D eigenvalue weighted by Gasteiger charge is -2.17. The molecule has 2 rings (SSSR count). The molecular formula is C12H18N4O2. The van der Waals surface area contributed by atoms with Crippen molar-refractivity contribution in [2.24, 2.45) is 0 Å². The molecule has 4 N–H and O–H groups in total. The average Bonchev–Trinajstić information content (AvgIpc) is 2.57. The number of rotatable bonds is 3. The molecule has 0 radical (unpaired) electrons.